The van der Waals surface area contributed by atoms with Gasteiger partial charge in [-0.05, 0) is 57.0 Å². The molecule has 0 saturated carbocycles. The van der Waals surface area contributed by atoms with E-state index in [2.05, 4.69) is 15.4 Å². The van der Waals surface area contributed by atoms with Crippen LogP contribution in [0, 0.1) is 0 Å². The molecule has 1 aliphatic heterocycles. The maximum atomic E-state index is 12.2. The van der Waals surface area contributed by atoms with Gasteiger partial charge in [-0.2, -0.15) is 0 Å². The van der Waals surface area contributed by atoms with E-state index < -0.39 is 0 Å². The van der Waals surface area contributed by atoms with E-state index in [4.69, 9.17) is 9.26 Å². The number of carbonyl (C=O) groups is 1. The molecule has 1 aliphatic rings. The first-order valence-corrected chi connectivity index (χ1v) is 8.92. The lowest BCUT2D eigenvalue weighted by Crippen LogP contribution is -2.26. The molecule has 2 heterocycles. The Labute approximate surface area is 148 Å². The van der Waals surface area contributed by atoms with E-state index in [0.29, 0.717) is 18.8 Å². The fraction of sp³-hybridized carbons (Fsp3) is 0.474. The fourth-order valence-electron chi connectivity index (χ4n) is 2.99. The molecule has 0 atom stereocenters. The summed E-state index contributed by atoms with van der Waals surface area (Å²) in [6.07, 6.45) is 3.22. The smallest absolute Gasteiger partial charge is 0.273 e. The van der Waals surface area contributed by atoms with Crippen molar-refractivity contribution in [3.8, 4) is 5.75 Å². The maximum Gasteiger partial charge on any atom is 0.273 e. The minimum atomic E-state index is -0.192. The maximum absolute atomic E-state index is 12.2. The van der Waals surface area contributed by atoms with Gasteiger partial charge in [0.05, 0.1) is 13.2 Å². The number of amides is 1. The van der Waals surface area contributed by atoms with Crippen LogP contribution in [0.25, 0.3) is 0 Å². The van der Waals surface area contributed by atoms with Gasteiger partial charge in [-0.15, -0.1) is 0 Å². The van der Waals surface area contributed by atoms with Crippen LogP contribution in [0.2, 0.25) is 0 Å². The molecule has 1 fully saturated rings. The molecule has 1 aromatic carbocycles. The lowest BCUT2D eigenvalue weighted by molar-refractivity contribution is 0.0945. The third kappa shape index (κ3) is 5.06. The molecule has 1 saturated heterocycles. The van der Waals surface area contributed by atoms with Gasteiger partial charge in [0.25, 0.3) is 5.91 Å². The van der Waals surface area contributed by atoms with Gasteiger partial charge >= 0.3 is 0 Å². The average Bonchev–Trinajstić information content (AvgIpc) is 3.29. The third-order valence-corrected chi connectivity index (χ3v) is 4.30. The zero-order valence-electron chi connectivity index (χ0n) is 14.7. The molecule has 2 aromatic rings. The Kier molecular flexibility index (Phi) is 6.06. The van der Waals surface area contributed by atoms with Crippen LogP contribution in [-0.2, 0) is 13.0 Å². The fourth-order valence-corrected chi connectivity index (χ4v) is 2.99. The summed E-state index contributed by atoms with van der Waals surface area (Å²) >= 11 is 0. The van der Waals surface area contributed by atoms with Crippen LogP contribution in [-0.4, -0.2) is 42.2 Å². The Morgan fingerprint density at radius 2 is 2.04 bits per heavy atom. The first-order valence-electron chi connectivity index (χ1n) is 8.92. The zero-order valence-corrected chi connectivity index (χ0v) is 14.7. The molecule has 1 N–H and O–H groups in total. The van der Waals surface area contributed by atoms with Crippen molar-refractivity contribution in [2.75, 3.05) is 26.2 Å². The Bertz CT molecular complexity index is 675. The van der Waals surface area contributed by atoms with Gasteiger partial charge in [0.1, 0.15) is 5.75 Å². The van der Waals surface area contributed by atoms with Crippen molar-refractivity contribution in [2.45, 2.75) is 32.7 Å². The van der Waals surface area contributed by atoms with Crippen molar-refractivity contribution in [2.24, 2.45) is 0 Å². The monoisotopic (exact) mass is 343 g/mol. The highest BCUT2D eigenvalue weighted by molar-refractivity contribution is 5.92. The Balaban J connectivity index is 1.43. The molecule has 0 radical (unpaired) electrons. The van der Waals surface area contributed by atoms with Crippen LogP contribution in [0.15, 0.2) is 34.9 Å². The highest BCUT2D eigenvalue weighted by Gasteiger charge is 2.17. The highest BCUT2D eigenvalue weighted by Crippen LogP contribution is 2.14. The van der Waals surface area contributed by atoms with Gasteiger partial charge in [0, 0.05) is 12.6 Å². The second-order valence-electron chi connectivity index (χ2n) is 6.24. The highest BCUT2D eigenvalue weighted by atomic mass is 16.5. The average molecular weight is 343 g/mol. The number of nitrogens with one attached hydrogen (secondary N) is 1. The van der Waals surface area contributed by atoms with Gasteiger partial charge in [0.2, 0.25) is 0 Å². The summed E-state index contributed by atoms with van der Waals surface area (Å²) in [6.45, 7) is 6.08. The number of ether oxygens (including phenoxy) is 1. The molecule has 134 valence electrons. The number of carbonyl (C=O) groups excluding carboxylic acids is 1. The van der Waals surface area contributed by atoms with E-state index in [1.165, 1.54) is 12.8 Å². The van der Waals surface area contributed by atoms with E-state index in [-0.39, 0.29) is 5.91 Å². The van der Waals surface area contributed by atoms with Crippen LogP contribution < -0.4 is 10.1 Å². The van der Waals surface area contributed by atoms with E-state index in [9.17, 15) is 4.79 Å². The van der Waals surface area contributed by atoms with Gasteiger partial charge in [-0.3, -0.25) is 9.69 Å². The minimum Gasteiger partial charge on any atom is -0.494 e. The molecule has 6 nitrogen and oxygen atoms in total. The molecular weight excluding hydrogens is 318 g/mol. The van der Waals surface area contributed by atoms with Gasteiger partial charge in [-0.25, -0.2) is 0 Å². The van der Waals surface area contributed by atoms with Crippen LogP contribution in [0.4, 0.5) is 0 Å². The van der Waals surface area contributed by atoms with Crippen molar-refractivity contribution in [1.29, 1.82) is 0 Å². The Morgan fingerprint density at radius 1 is 1.28 bits per heavy atom. The molecule has 1 aromatic heterocycles. The number of likely N-dealkylation sites (tertiary alicyclic amines) is 1. The lowest BCUT2D eigenvalue weighted by Gasteiger charge is -2.10. The molecule has 3 rings (SSSR count). The van der Waals surface area contributed by atoms with Crippen LogP contribution in [0.3, 0.4) is 0 Å². The normalized spacial score (nSPS) is 14.6. The molecule has 6 heteroatoms. The largest absolute Gasteiger partial charge is 0.494 e. The van der Waals surface area contributed by atoms with Crippen LogP contribution >= 0.6 is 0 Å². The number of hydrogen-bond acceptors (Lipinski definition) is 5. The predicted molar refractivity (Wildman–Crippen MR) is 94.7 cm³/mol. The second-order valence-corrected chi connectivity index (χ2v) is 6.24. The Morgan fingerprint density at radius 3 is 2.76 bits per heavy atom. The van der Waals surface area contributed by atoms with Gasteiger partial charge in [-0.1, -0.05) is 17.3 Å². The molecule has 0 bridgehead atoms. The van der Waals surface area contributed by atoms with Crippen molar-refractivity contribution >= 4 is 5.91 Å². The summed E-state index contributed by atoms with van der Waals surface area (Å²) in [4.78, 5) is 14.5. The summed E-state index contributed by atoms with van der Waals surface area (Å²) in [6, 6.07) is 9.67. The quantitative estimate of drug-likeness (QED) is 0.798. The molecule has 25 heavy (non-hydrogen) atoms. The summed E-state index contributed by atoms with van der Waals surface area (Å²) in [5.41, 5.74) is 1.50. The predicted octanol–water partition coefficient (Wildman–Crippen LogP) is 2.64. The van der Waals surface area contributed by atoms with Crippen LogP contribution in [0.1, 0.15) is 41.6 Å². The van der Waals surface area contributed by atoms with Crippen molar-refractivity contribution in [1.82, 2.24) is 15.4 Å². The number of aromatic nitrogens is 1. The standard InChI is InChI=1S/C19H25N3O3/c1-2-24-16-7-5-15(6-8-16)9-10-20-19(23)18-13-17(25-21-18)14-22-11-3-4-12-22/h5-8,13H,2-4,9-12,14H2,1H3,(H,20,23). The van der Waals surface area contributed by atoms with Crippen molar-refractivity contribution in [3.05, 3.63) is 47.3 Å². The van der Waals surface area contributed by atoms with E-state index >= 15 is 0 Å². The number of nitrogens with zero attached hydrogens (tertiary/aromatic N) is 2. The topological polar surface area (TPSA) is 67.6 Å². The van der Waals surface area contributed by atoms with E-state index in [0.717, 1.165) is 43.1 Å². The minimum absolute atomic E-state index is 0.192. The number of hydrogen-bond donors (Lipinski definition) is 1. The van der Waals surface area contributed by atoms with E-state index in [1.807, 2.05) is 31.2 Å². The van der Waals surface area contributed by atoms with E-state index in [1.54, 1.807) is 6.07 Å². The number of rotatable bonds is 8. The van der Waals surface area contributed by atoms with Crippen molar-refractivity contribution < 1.29 is 14.1 Å². The van der Waals surface area contributed by atoms with Crippen LogP contribution in [0.5, 0.6) is 5.75 Å². The summed E-state index contributed by atoms with van der Waals surface area (Å²) in [5.74, 6) is 1.42. The molecule has 0 aliphatic carbocycles. The lowest BCUT2D eigenvalue weighted by atomic mass is 10.1. The number of benzene rings is 1. The summed E-state index contributed by atoms with van der Waals surface area (Å²) < 4.78 is 10.7. The Hall–Kier alpha value is -2.34. The first-order chi connectivity index (χ1) is 12.2. The molecular formula is C19H25N3O3. The van der Waals surface area contributed by atoms with Gasteiger partial charge < -0.3 is 14.6 Å². The molecule has 0 spiro atoms. The molecule has 1 amide bonds. The first kappa shape index (κ1) is 17.5. The van der Waals surface area contributed by atoms with Crippen molar-refractivity contribution in [3.63, 3.8) is 0 Å². The third-order valence-electron chi connectivity index (χ3n) is 4.30. The molecule has 0 unspecified atom stereocenters. The van der Waals surface area contributed by atoms with Gasteiger partial charge in [0.15, 0.2) is 11.5 Å². The second kappa shape index (κ2) is 8.67. The SMILES string of the molecule is CCOc1ccc(CCNC(=O)c2cc(CN3CCCC3)on2)cc1. The summed E-state index contributed by atoms with van der Waals surface area (Å²) in [7, 11) is 0. The zero-order chi connectivity index (χ0) is 17.5. The summed E-state index contributed by atoms with van der Waals surface area (Å²) in [5, 5.41) is 6.77.